The first-order valence-electron chi connectivity index (χ1n) is 11.5. The minimum absolute atomic E-state index is 0.404. The van der Waals surface area contributed by atoms with Gasteiger partial charge in [-0.15, -0.1) is 0 Å². The summed E-state index contributed by atoms with van der Waals surface area (Å²) in [4.78, 5) is 21.6. The lowest BCUT2D eigenvalue weighted by molar-refractivity contribution is 0.0734. The molecule has 1 fully saturated rings. The molecule has 1 heterocycles. The van der Waals surface area contributed by atoms with Gasteiger partial charge in [-0.1, -0.05) is 13.3 Å². The third-order valence-electron chi connectivity index (χ3n) is 6.29. The topological polar surface area (TPSA) is 61.3 Å². The van der Waals surface area contributed by atoms with Crippen LogP contribution in [-0.4, -0.2) is 22.5 Å². The van der Waals surface area contributed by atoms with Gasteiger partial charge in [0.25, 0.3) is 0 Å². The van der Waals surface area contributed by atoms with E-state index in [9.17, 15) is 4.79 Å². The van der Waals surface area contributed by atoms with Crippen molar-refractivity contribution < 1.29 is 14.3 Å². The summed E-state index contributed by atoms with van der Waals surface area (Å²) < 4.78 is 10.9. The molecule has 2 aromatic carbocycles. The molecule has 4 rings (SSSR count). The lowest BCUT2D eigenvalue weighted by Crippen LogP contribution is -2.13. The molecule has 0 N–H and O–H groups in total. The largest absolute Gasteiger partial charge is 0.494 e. The molecule has 0 spiro atoms. The van der Waals surface area contributed by atoms with Gasteiger partial charge in [-0.25, -0.2) is 14.8 Å². The van der Waals surface area contributed by atoms with Crippen LogP contribution in [0, 0.1) is 5.92 Å². The Morgan fingerprint density at radius 3 is 2.09 bits per heavy atom. The standard InChI is InChI=1S/C27H30N2O3/c1-3-19-5-7-20(8-6-19)23-17-28-26(29-18-23)21-9-15-25(16-10-21)32-27(30)22-11-13-24(14-12-22)31-4-2/h9-20H,3-8H2,1-2H3/t19-,20-. The minimum atomic E-state index is -0.404. The number of rotatable bonds is 7. The molecule has 0 saturated heterocycles. The van der Waals surface area contributed by atoms with E-state index in [4.69, 9.17) is 9.47 Å². The van der Waals surface area contributed by atoms with E-state index in [-0.39, 0.29) is 0 Å². The second-order valence-electron chi connectivity index (χ2n) is 8.34. The lowest BCUT2D eigenvalue weighted by atomic mass is 9.78. The normalized spacial score (nSPS) is 18.2. The molecular weight excluding hydrogens is 400 g/mol. The van der Waals surface area contributed by atoms with E-state index in [1.165, 1.54) is 37.7 Å². The Kier molecular flexibility index (Phi) is 7.15. The number of nitrogens with zero attached hydrogens (tertiary/aromatic N) is 2. The van der Waals surface area contributed by atoms with E-state index in [1.807, 2.05) is 31.5 Å². The summed E-state index contributed by atoms with van der Waals surface area (Å²) in [6, 6.07) is 14.2. The molecular formula is C27H30N2O3. The van der Waals surface area contributed by atoms with Crippen molar-refractivity contribution in [3.8, 4) is 22.9 Å². The van der Waals surface area contributed by atoms with Gasteiger partial charge in [-0.3, -0.25) is 0 Å². The van der Waals surface area contributed by atoms with Gasteiger partial charge in [-0.05, 0) is 98.5 Å². The zero-order valence-electron chi connectivity index (χ0n) is 18.8. The summed E-state index contributed by atoms with van der Waals surface area (Å²) in [5.74, 6) is 2.95. The monoisotopic (exact) mass is 430 g/mol. The lowest BCUT2D eigenvalue weighted by Gasteiger charge is -2.27. The van der Waals surface area contributed by atoms with Crippen LogP contribution in [0.1, 0.15) is 67.8 Å². The van der Waals surface area contributed by atoms with Crippen molar-refractivity contribution in [2.24, 2.45) is 5.92 Å². The van der Waals surface area contributed by atoms with E-state index in [0.717, 1.165) is 17.2 Å². The van der Waals surface area contributed by atoms with Gasteiger partial charge in [0, 0.05) is 18.0 Å². The molecule has 0 atom stereocenters. The number of carbonyl (C=O) groups is 1. The highest BCUT2D eigenvalue weighted by molar-refractivity contribution is 5.91. The fourth-order valence-electron chi connectivity index (χ4n) is 4.29. The number of carbonyl (C=O) groups excluding carboxylic acids is 1. The molecule has 0 bridgehead atoms. The van der Waals surface area contributed by atoms with Crippen LogP contribution < -0.4 is 9.47 Å². The number of hydrogen-bond donors (Lipinski definition) is 0. The van der Waals surface area contributed by atoms with Gasteiger partial charge in [0.2, 0.25) is 0 Å². The summed E-state index contributed by atoms with van der Waals surface area (Å²) in [7, 11) is 0. The fraction of sp³-hybridized carbons (Fsp3) is 0.370. The van der Waals surface area contributed by atoms with Crippen LogP contribution in [0.2, 0.25) is 0 Å². The van der Waals surface area contributed by atoms with Gasteiger partial charge in [0.1, 0.15) is 11.5 Å². The maximum Gasteiger partial charge on any atom is 0.343 e. The van der Waals surface area contributed by atoms with Crippen molar-refractivity contribution in [3.63, 3.8) is 0 Å². The molecule has 0 amide bonds. The Bertz CT molecular complexity index is 1010. The maximum absolute atomic E-state index is 12.4. The highest BCUT2D eigenvalue weighted by Gasteiger charge is 2.21. The summed E-state index contributed by atoms with van der Waals surface area (Å²) >= 11 is 0. The van der Waals surface area contributed by atoms with Crippen molar-refractivity contribution in [1.82, 2.24) is 9.97 Å². The van der Waals surface area contributed by atoms with Gasteiger partial charge in [0.05, 0.1) is 12.2 Å². The van der Waals surface area contributed by atoms with Crippen molar-refractivity contribution in [3.05, 3.63) is 72.1 Å². The second-order valence-corrected chi connectivity index (χ2v) is 8.34. The number of hydrogen-bond acceptors (Lipinski definition) is 5. The van der Waals surface area contributed by atoms with Crippen LogP contribution in [-0.2, 0) is 0 Å². The molecule has 0 radical (unpaired) electrons. The first kappa shape index (κ1) is 22.0. The van der Waals surface area contributed by atoms with Gasteiger partial charge < -0.3 is 9.47 Å². The Balaban J connectivity index is 1.36. The van der Waals surface area contributed by atoms with E-state index < -0.39 is 5.97 Å². The third kappa shape index (κ3) is 5.34. The number of aromatic nitrogens is 2. The van der Waals surface area contributed by atoms with E-state index >= 15 is 0 Å². The van der Waals surface area contributed by atoms with Crippen LogP contribution in [0.15, 0.2) is 60.9 Å². The molecule has 1 saturated carbocycles. The fourth-order valence-corrected chi connectivity index (χ4v) is 4.29. The van der Waals surface area contributed by atoms with Crippen molar-refractivity contribution in [1.29, 1.82) is 0 Å². The Morgan fingerprint density at radius 1 is 0.875 bits per heavy atom. The molecule has 1 aromatic heterocycles. The average Bonchev–Trinajstić information content (AvgIpc) is 2.85. The average molecular weight is 431 g/mol. The second kappa shape index (κ2) is 10.4. The first-order chi connectivity index (χ1) is 15.7. The quantitative estimate of drug-likeness (QED) is 0.319. The Morgan fingerprint density at radius 2 is 1.50 bits per heavy atom. The van der Waals surface area contributed by atoms with Gasteiger partial charge in [0.15, 0.2) is 5.82 Å². The zero-order chi connectivity index (χ0) is 22.3. The SMILES string of the molecule is CCOc1ccc(C(=O)Oc2ccc(-c3ncc([C@H]4CC[C@H](CC)CC4)cn3)cc2)cc1. The highest BCUT2D eigenvalue weighted by Crippen LogP contribution is 2.36. The Hall–Kier alpha value is -3.21. The summed E-state index contributed by atoms with van der Waals surface area (Å²) in [5.41, 5.74) is 2.61. The smallest absolute Gasteiger partial charge is 0.343 e. The van der Waals surface area contributed by atoms with Crippen LogP contribution in [0.4, 0.5) is 0 Å². The summed E-state index contributed by atoms with van der Waals surface area (Å²) in [5, 5.41) is 0. The van der Waals surface area contributed by atoms with Crippen molar-refractivity contribution in [2.45, 2.75) is 51.9 Å². The molecule has 0 aliphatic heterocycles. The molecule has 1 aliphatic carbocycles. The van der Waals surface area contributed by atoms with E-state index in [2.05, 4.69) is 16.9 Å². The predicted molar refractivity (Wildman–Crippen MR) is 125 cm³/mol. The highest BCUT2D eigenvalue weighted by atomic mass is 16.5. The molecule has 1 aliphatic rings. The molecule has 5 nitrogen and oxygen atoms in total. The molecule has 32 heavy (non-hydrogen) atoms. The summed E-state index contributed by atoms with van der Waals surface area (Å²) in [6.45, 7) is 4.79. The van der Waals surface area contributed by atoms with E-state index in [0.29, 0.717) is 29.7 Å². The molecule has 5 heteroatoms. The third-order valence-corrected chi connectivity index (χ3v) is 6.29. The van der Waals surface area contributed by atoms with Crippen LogP contribution in [0.5, 0.6) is 11.5 Å². The number of esters is 1. The van der Waals surface area contributed by atoms with Gasteiger partial charge >= 0.3 is 5.97 Å². The maximum atomic E-state index is 12.4. The van der Waals surface area contributed by atoms with Crippen LogP contribution in [0.25, 0.3) is 11.4 Å². The van der Waals surface area contributed by atoms with Crippen LogP contribution in [0.3, 0.4) is 0 Å². The predicted octanol–water partition coefficient (Wildman–Crippen LogP) is 6.45. The number of ether oxygens (including phenoxy) is 2. The molecule has 166 valence electrons. The molecule has 3 aromatic rings. The zero-order valence-corrected chi connectivity index (χ0v) is 18.8. The minimum Gasteiger partial charge on any atom is -0.494 e. The van der Waals surface area contributed by atoms with E-state index in [1.54, 1.807) is 36.4 Å². The number of benzene rings is 2. The first-order valence-corrected chi connectivity index (χ1v) is 11.5. The van der Waals surface area contributed by atoms with Crippen molar-refractivity contribution >= 4 is 5.97 Å². The molecule has 0 unspecified atom stereocenters. The van der Waals surface area contributed by atoms with Crippen molar-refractivity contribution in [2.75, 3.05) is 6.61 Å². The Labute approximate surface area is 189 Å². The van der Waals surface area contributed by atoms with Crippen LogP contribution >= 0.6 is 0 Å². The van der Waals surface area contributed by atoms with Gasteiger partial charge in [-0.2, -0.15) is 0 Å². The summed E-state index contributed by atoms with van der Waals surface area (Å²) in [6.07, 6.45) is 10.3.